The molecule has 0 radical (unpaired) electrons. The minimum Gasteiger partial charge on any atom is -0.361 e. The molecule has 2 heterocycles. The minimum atomic E-state index is -0.107. The van der Waals surface area contributed by atoms with Gasteiger partial charge in [0.25, 0.3) is 0 Å². The summed E-state index contributed by atoms with van der Waals surface area (Å²) in [6.45, 7) is 4.54. The summed E-state index contributed by atoms with van der Waals surface area (Å²) in [5.74, 6) is 0.786. The van der Waals surface area contributed by atoms with Gasteiger partial charge in [-0.2, -0.15) is 0 Å². The number of hydrogen-bond acceptors (Lipinski definition) is 3. The van der Waals surface area contributed by atoms with Gasteiger partial charge in [0.15, 0.2) is 0 Å². The normalized spacial score (nSPS) is 17.8. The molecule has 0 bridgehead atoms. The van der Waals surface area contributed by atoms with Gasteiger partial charge in [-0.3, -0.25) is 0 Å². The maximum absolute atomic E-state index is 12.6. The predicted molar refractivity (Wildman–Crippen MR) is 85.1 cm³/mol. The first-order chi connectivity index (χ1) is 10.6. The first kappa shape index (κ1) is 14.9. The van der Waals surface area contributed by atoms with Crippen molar-refractivity contribution in [1.29, 1.82) is 0 Å². The van der Waals surface area contributed by atoms with Crippen LogP contribution in [0.15, 0.2) is 28.8 Å². The Morgan fingerprint density at radius 3 is 2.73 bits per heavy atom. The van der Waals surface area contributed by atoms with E-state index in [1.165, 1.54) is 0 Å². The zero-order valence-electron chi connectivity index (χ0n) is 12.6. The molecule has 3 rings (SSSR count). The van der Waals surface area contributed by atoms with Gasteiger partial charge in [0.2, 0.25) is 0 Å². The molecule has 1 fully saturated rings. The van der Waals surface area contributed by atoms with Crippen molar-refractivity contribution in [3.63, 3.8) is 0 Å². The third-order valence-electron chi connectivity index (χ3n) is 4.03. The van der Waals surface area contributed by atoms with E-state index in [4.69, 9.17) is 16.1 Å². The van der Waals surface area contributed by atoms with Crippen LogP contribution in [0.4, 0.5) is 10.5 Å². The number of halogens is 1. The van der Waals surface area contributed by atoms with E-state index in [0.717, 1.165) is 42.1 Å². The van der Waals surface area contributed by atoms with Crippen LogP contribution in [0.5, 0.6) is 0 Å². The maximum Gasteiger partial charge on any atom is 0.322 e. The first-order valence-electron chi connectivity index (χ1n) is 7.32. The highest BCUT2D eigenvalue weighted by Gasteiger charge is 2.33. The number of carbonyl (C=O) groups excluding carboxylic acids is 1. The van der Waals surface area contributed by atoms with Gasteiger partial charge < -0.3 is 14.7 Å². The molecule has 0 spiro atoms. The van der Waals surface area contributed by atoms with Crippen LogP contribution >= 0.6 is 11.6 Å². The van der Waals surface area contributed by atoms with E-state index in [2.05, 4.69) is 10.5 Å². The van der Waals surface area contributed by atoms with Crippen LogP contribution in [-0.2, 0) is 0 Å². The maximum atomic E-state index is 12.6. The van der Waals surface area contributed by atoms with Crippen LogP contribution in [0.2, 0.25) is 5.02 Å². The number of urea groups is 1. The highest BCUT2D eigenvalue weighted by Crippen LogP contribution is 2.35. The number of rotatable bonds is 2. The number of amides is 2. The number of carbonyl (C=O) groups is 1. The van der Waals surface area contributed by atoms with Crippen molar-refractivity contribution in [1.82, 2.24) is 10.1 Å². The molecule has 116 valence electrons. The van der Waals surface area contributed by atoms with Crippen LogP contribution in [-0.4, -0.2) is 22.6 Å². The number of likely N-dealkylation sites (tertiary alicyclic amines) is 1. The lowest BCUT2D eigenvalue weighted by atomic mass is 10.0. The average molecular weight is 320 g/mol. The Morgan fingerprint density at radius 2 is 2.09 bits per heavy atom. The Balaban J connectivity index is 1.78. The van der Waals surface area contributed by atoms with Gasteiger partial charge in [-0.25, -0.2) is 4.79 Å². The summed E-state index contributed by atoms with van der Waals surface area (Å²) in [4.78, 5) is 14.4. The molecule has 1 aromatic carbocycles. The molecule has 2 aromatic rings. The second-order valence-electron chi connectivity index (χ2n) is 5.53. The summed E-state index contributed by atoms with van der Waals surface area (Å²) in [6, 6.07) is 7.02. The Hall–Kier alpha value is -2.01. The van der Waals surface area contributed by atoms with E-state index in [1.807, 2.05) is 18.7 Å². The third-order valence-corrected chi connectivity index (χ3v) is 4.28. The zero-order valence-corrected chi connectivity index (χ0v) is 13.4. The molecule has 6 heteroatoms. The van der Waals surface area contributed by atoms with E-state index in [0.29, 0.717) is 5.02 Å². The van der Waals surface area contributed by atoms with Crippen molar-refractivity contribution in [3.05, 3.63) is 46.3 Å². The fraction of sp³-hybridized carbons (Fsp3) is 0.375. The molecule has 1 atom stereocenters. The second-order valence-corrected chi connectivity index (χ2v) is 5.96. The van der Waals surface area contributed by atoms with Crippen molar-refractivity contribution in [2.24, 2.45) is 0 Å². The number of hydrogen-bond donors (Lipinski definition) is 1. The Kier molecular flexibility index (Phi) is 4.07. The van der Waals surface area contributed by atoms with Crippen LogP contribution in [0.3, 0.4) is 0 Å². The smallest absolute Gasteiger partial charge is 0.322 e. The number of aromatic nitrogens is 1. The molecular formula is C16H18ClN3O2. The zero-order chi connectivity index (χ0) is 15.7. The highest BCUT2D eigenvalue weighted by molar-refractivity contribution is 6.30. The largest absolute Gasteiger partial charge is 0.361 e. The van der Waals surface area contributed by atoms with Crippen molar-refractivity contribution >= 4 is 23.3 Å². The van der Waals surface area contributed by atoms with Crippen molar-refractivity contribution in [3.8, 4) is 0 Å². The van der Waals surface area contributed by atoms with E-state index < -0.39 is 0 Å². The fourth-order valence-corrected chi connectivity index (χ4v) is 3.13. The molecule has 5 nitrogen and oxygen atoms in total. The minimum absolute atomic E-state index is 0.0264. The summed E-state index contributed by atoms with van der Waals surface area (Å²) >= 11 is 5.86. The number of benzene rings is 1. The van der Waals surface area contributed by atoms with E-state index in [-0.39, 0.29) is 12.1 Å². The van der Waals surface area contributed by atoms with Crippen LogP contribution in [0.25, 0.3) is 0 Å². The summed E-state index contributed by atoms with van der Waals surface area (Å²) in [6.07, 6.45) is 1.90. The molecule has 1 aromatic heterocycles. The van der Waals surface area contributed by atoms with Crippen LogP contribution in [0.1, 0.15) is 35.9 Å². The Labute approximate surface area is 134 Å². The fourth-order valence-electron chi connectivity index (χ4n) is 3.00. The molecule has 22 heavy (non-hydrogen) atoms. The summed E-state index contributed by atoms with van der Waals surface area (Å²) in [7, 11) is 0. The monoisotopic (exact) mass is 319 g/mol. The van der Waals surface area contributed by atoms with Gasteiger partial charge in [0.1, 0.15) is 5.76 Å². The first-order valence-corrected chi connectivity index (χ1v) is 7.70. The molecule has 0 aliphatic carbocycles. The topological polar surface area (TPSA) is 58.4 Å². The molecular weight excluding hydrogens is 302 g/mol. The van der Waals surface area contributed by atoms with E-state index in [1.54, 1.807) is 24.3 Å². The Morgan fingerprint density at radius 1 is 1.36 bits per heavy atom. The third kappa shape index (κ3) is 2.81. The predicted octanol–water partition coefficient (Wildman–Crippen LogP) is 4.31. The number of anilines is 1. The van der Waals surface area contributed by atoms with Crippen molar-refractivity contribution in [2.45, 2.75) is 32.7 Å². The van der Waals surface area contributed by atoms with Crippen LogP contribution in [0, 0.1) is 13.8 Å². The van der Waals surface area contributed by atoms with Gasteiger partial charge in [0, 0.05) is 22.8 Å². The van der Waals surface area contributed by atoms with Crippen LogP contribution < -0.4 is 5.32 Å². The van der Waals surface area contributed by atoms with Crippen molar-refractivity contribution in [2.75, 3.05) is 11.9 Å². The van der Waals surface area contributed by atoms with Gasteiger partial charge >= 0.3 is 6.03 Å². The lowest BCUT2D eigenvalue weighted by molar-refractivity contribution is 0.206. The quantitative estimate of drug-likeness (QED) is 0.897. The number of nitrogens with zero attached hydrogens (tertiary/aromatic N) is 2. The van der Waals surface area contributed by atoms with Gasteiger partial charge in [0.05, 0.1) is 11.7 Å². The molecule has 1 aliphatic rings. The standard InChI is InChI=1S/C16H18ClN3O2/c1-10-15(11(2)22-19-10)14-4-3-9-20(14)16(21)18-13-7-5-12(17)6-8-13/h5-8,14H,3-4,9H2,1-2H3,(H,18,21). The molecule has 2 amide bonds. The summed E-state index contributed by atoms with van der Waals surface area (Å²) in [5, 5.41) is 7.57. The molecule has 1 aliphatic heterocycles. The summed E-state index contributed by atoms with van der Waals surface area (Å²) < 4.78 is 5.24. The lowest BCUT2D eigenvalue weighted by Gasteiger charge is -2.25. The SMILES string of the molecule is Cc1noc(C)c1C1CCCN1C(=O)Nc1ccc(Cl)cc1. The van der Waals surface area contributed by atoms with Gasteiger partial charge in [-0.1, -0.05) is 16.8 Å². The molecule has 1 saturated heterocycles. The van der Waals surface area contributed by atoms with Gasteiger partial charge in [-0.15, -0.1) is 0 Å². The molecule has 1 N–H and O–H groups in total. The molecule has 0 saturated carbocycles. The van der Waals surface area contributed by atoms with Crippen molar-refractivity contribution < 1.29 is 9.32 Å². The lowest BCUT2D eigenvalue weighted by Crippen LogP contribution is -2.34. The Bertz CT molecular complexity index is 662. The second kappa shape index (κ2) is 6.01. The average Bonchev–Trinajstić information content (AvgIpc) is 3.08. The highest BCUT2D eigenvalue weighted by atomic mass is 35.5. The van der Waals surface area contributed by atoms with E-state index >= 15 is 0 Å². The van der Waals surface area contributed by atoms with Gasteiger partial charge in [-0.05, 0) is 51.0 Å². The number of aryl methyl sites for hydroxylation is 2. The number of nitrogens with one attached hydrogen (secondary N) is 1. The summed E-state index contributed by atoms with van der Waals surface area (Å²) in [5.41, 5.74) is 2.62. The molecule has 1 unspecified atom stereocenters. The van der Waals surface area contributed by atoms with E-state index in [9.17, 15) is 4.79 Å².